The van der Waals surface area contributed by atoms with Crippen LogP contribution in [0, 0.1) is 11.8 Å². The summed E-state index contributed by atoms with van der Waals surface area (Å²) in [5, 5.41) is 12.9. The van der Waals surface area contributed by atoms with E-state index in [9.17, 15) is 9.59 Å². The molecular weight excluding hydrogens is 468 g/mol. The molecule has 2 heterocycles. The third kappa shape index (κ3) is 5.96. The van der Waals surface area contributed by atoms with Crippen molar-refractivity contribution in [2.24, 2.45) is 16.8 Å². The monoisotopic (exact) mass is 492 g/mol. The van der Waals surface area contributed by atoms with Gasteiger partial charge < -0.3 is 15.2 Å². The number of halogens is 1. The number of nitrogens with one attached hydrogen (secondary N) is 1. The number of guanidine groups is 1. The van der Waals surface area contributed by atoms with Crippen LogP contribution >= 0.6 is 11.6 Å². The summed E-state index contributed by atoms with van der Waals surface area (Å²) >= 11 is 6.01. The second-order valence-electron chi connectivity index (χ2n) is 8.51. The highest BCUT2D eigenvalue weighted by Crippen LogP contribution is 2.25. The molecule has 1 aliphatic rings. The fourth-order valence-electron chi connectivity index (χ4n) is 3.60. The van der Waals surface area contributed by atoms with Crippen molar-refractivity contribution in [1.82, 2.24) is 9.88 Å². The highest BCUT2D eigenvalue weighted by Gasteiger charge is 2.33. The van der Waals surface area contributed by atoms with Gasteiger partial charge in [0.1, 0.15) is 5.75 Å². The number of hydrogen-bond donors (Lipinski definition) is 2. The standard InChI is InChI=1S/C26H25ClN4O4/c1-16(2)22-14-29-26(31(24(22)32)15-17-3-6-19(27)7-4-17)30-20-8-10-21(11-9-20)35-23-12-5-18(13-28-23)25(33)34/h3-13,16,22H,14-15H2,1-2H3,(H,29,30)(H,33,34). The Kier molecular flexibility index (Phi) is 7.31. The quantitative estimate of drug-likeness (QED) is 0.463. The van der Waals surface area contributed by atoms with Crippen LogP contribution in [0.2, 0.25) is 5.02 Å². The third-order valence-corrected chi connectivity index (χ3v) is 5.90. The maximum Gasteiger partial charge on any atom is 0.337 e. The van der Waals surface area contributed by atoms with Crippen LogP contribution < -0.4 is 10.1 Å². The van der Waals surface area contributed by atoms with E-state index in [4.69, 9.17) is 21.4 Å². The van der Waals surface area contributed by atoms with Crippen LogP contribution in [0.3, 0.4) is 0 Å². The minimum Gasteiger partial charge on any atom is -0.478 e. The van der Waals surface area contributed by atoms with Gasteiger partial charge in [0, 0.05) is 23.0 Å². The molecule has 2 N–H and O–H groups in total. The lowest BCUT2D eigenvalue weighted by Gasteiger charge is -2.34. The molecule has 1 atom stereocenters. The van der Waals surface area contributed by atoms with Crippen LogP contribution in [0.15, 0.2) is 71.9 Å². The third-order valence-electron chi connectivity index (χ3n) is 5.65. The number of anilines is 1. The smallest absolute Gasteiger partial charge is 0.337 e. The lowest BCUT2D eigenvalue weighted by atomic mass is 9.93. The molecule has 0 bridgehead atoms. The van der Waals surface area contributed by atoms with Crippen LogP contribution in [-0.4, -0.2) is 39.4 Å². The Labute approximate surface area is 208 Å². The largest absolute Gasteiger partial charge is 0.478 e. The first-order chi connectivity index (χ1) is 16.8. The molecule has 8 nitrogen and oxygen atoms in total. The van der Waals surface area contributed by atoms with Gasteiger partial charge in [-0.15, -0.1) is 0 Å². The Balaban J connectivity index is 1.48. The molecule has 0 spiro atoms. The number of ether oxygens (including phenoxy) is 1. The molecule has 0 saturated heterocycles. The predicted octanol–water partition coefficient (Wildman–Crippen LogP) is 5.31. The van der Waals surface area contributed by atoms with Gasteiger partial charge in [-0.05, 0) is 53.9 Å². The number of nitrogens with zero attached hydrogens (tertiary/aromatic N) is 3. The van der Waals surface area contributed by atoms with Gasteiger partial charge in [-0.2, -0.15) is 0 Å². The first-order valence-corrected chi connectivity index (χ1v) is 11.5. The Hall–Kier alpha value is -3.91. The van der Waals surface area contributed by atoms with E-state index in [1.807, 2.05) is 38.1 Å². The number of carbonyl (C=O) groups excluding carboxylic acids is 1. The molecular formula is C26H25ClN4O4. The summed E-state index contributed by atoms with van der Waals surface area (Å²) in [5.74, 6) is 0.286. The van der Waals surface area contributed by atoms with E-state index in [-0.39, 0.29) is 29.2 Å². The van der Waals surface area contributed by atoms with Gasteiger partial charge in [0.15, 0.2) is 0 Å². The predicted molar refractivity (Wildman–Crippen MR) is 134 cm³/mol. The van der Waals surface area contributed by atoms with E-state index >= 15 is 0 Å². The lowest BCUT2D eigenvalue weighted by Crippen LogP contribution is -2.49. The van der Waals surface area contributed by atoms with E-state index in [0.717, 1.165) is 11.3 Å². The van der Waals surface area contributed by atoms with Crippen molar-refractivity contribution in [3.63, 3.8) is 0 Å². The SMILES string of the molecule is CC(C)C1CN=C(Nc2ccc(Oc3ccc(C(=O)O)cn3)cc2)N(Cc2ccc(Cl)cc2)C1=O. The van der Waals surface area contributed by atoms with Crippen molar-refractivity contribution in [1.29, 1.82) is 0 Å². The molecule has 4 rings (SSSR count). The maximum absolute atomic E-state index is 13.3. The van der Waals surface area contributed by atoms with Gasteiger partial charge in [0.2, 0.25) is 17.7 Å². The molecule has 0 aliphatic carbocycles. The molecule has 0 fully saturated rings. The van der Waals surface area contributed by atoms with E-state index in [1.165, 1.54) is 18.3 Å². The molecule has 35 heavy (non-hydrogen) atoms. The van der Waals surface area contributed by atoms with Crippen molar-refractivity contribution >= 4 is 35.1 Å². The molecule has 180 valence electrons. The number of amides is 1. The number of aromatic nitrogens is 1. The zero-order chi connectivity index (χ0) is 24.9. The number of aromatic carboxylic acids is 1. The van der Waals surface area contributed by atoms with Crippen molar-refractivity contribution in [2.45, 2.75) is 20.4 Å². The zero-order valence-corrected chi connectivity index (χ0v) is 20.1. The van der Waals surface area contributed by atoms with Crippen LogP contribution in [0.5, 0.6) is 11.6 Å². The van der Waals surface area contributed by atoms with E-state index in [2.05, 4.69) is 15.3 Å². The van der Waals surface area contributed by atoms with Crippen molar-refractivity contribution in [3.8, 4) is 11.6 Å². The van der Waals surface area contributed by atoms with Crippen LogP contribution in [0.1, 0.15) is 29.8 Å². The van der Waals surface area contributed by atoms with Crippen LogP contribution in [0.4, 0.5) is 5.69 Å². The van der Waals surface area contributed by atoms with Gasteiger partial charge >= 0.3 is 5.97 Å². The van der Waals surface area contributed by atoms with E-state index < -0.39 is 5.97 Å². The van der Waals surface area contributed by atoms with Crippen LogP contribution in [0.25, 0.3) is 0 Å². The topological polar surface area (TPSA) is 104 Å². The van der Waals surface area contributed by atoms with Gasteiger partial charge in [-0.25, -0.2) is 9.78 Å². The molecule has 0 radical (unpaired) electrons. The zero-order valence-electron chi connectivity index (χ0n) is 19.3. The highest BCUT2D eigenvalue weighted by atomic mass is 35.5. The molecule has 1 unspecified atom stereocenters. The summed E-state index contributed by atoms with van der Waals surface area (Å²) in [6.07, 6.45) is 1.24. The Morgan fingerprint density at radius 3 is 2.46 bits per heavy atom. The molecule has 1 amide bonds. The number of pyridine rings is 1. The molecule has 3 aromatic rings. The second-order valence-corrected chi connectivity index (χ2v) is 8.94. The highest BCUT2D eigenvalue weighted by molar-refractivity contribution is 6.30. The van der Waals surface area contributed by atoms with Gasteiger partial charge in [0.25, 0.3) is 0 Å². The van der Waals surface area contributed by atoms with Gasteiger partial charge in [-0.3, -0.25) is 14.7 Å². The minimum atomic E-state index is -1.05. The summed E-state index contributed by atoms with van der Waals surface area (Å²) in [4.78, 5) is 34.6. The van der Waals surface area contributed by atoms with Gasteiger partial charge in [-0.1, -0.05) is 37.6 Å². The molecule has 0 saturated carbocycles. The summed E-state index contributed by atoms with van der Waals surface area (Å²) in [7, 11) is 0. The van der Waals surface area contributed by atoms with Crippen LogP contribution in [-0.2, 0) is 11.3 Å². The second kappa shape index (κ2) is 10.6. The van der Waals surface area contributed by atoms with Crippen molar-refractivity contribution in [2.75, 3.05) is 11.9 Å². The molecule has 9 heteroatoms. The number of carboxylic acids is 1. The Morgan fingerprint density at radius 2 is 1.86 bits per heavy atom. The fourth-order valence-corrected chi connectivity index (χ4v) is 3.73. The summed E-state index contributed by atoms with van der Waals surface area (Å²) in [6, 6.07) is 17.4. The summed E-state index contributed by atoms with van der Waals surface area (Å²) < 4.78 is 5.69. The Morgan fingerprint density at radius 1 is 1.14 bits per heavy atom. The molecule has 2 aromatic carbocycles. The molecule has 1 aliphatic heterocycles. The number of carboxylic acid groups (broad SMARTS) is 1. The Bertz CT molecular complexity index is 1230. The molecule has 1 aromatic heterocycles. The summed E-state index contributed by atoms with van der Waals surface area (Å²) in [5.41, 5.74) is 1.77. The fraction of sp³-hybridized carbons (Fsp3) is 0.231. The number of rotatable bonds is 7. The minimum absolute atomic E-state index is 0.0308. The average Bonchev–Trinajstić information content (AvgIpc) is 2.84. The van der Waals surface area contributed by atoms with E-state index in [1.54, 1.807) is 29.2 Å². The van der Waals surface area contributed by atoms with Gasteiger partial charge in [0.05, 0.1) is 24.6 Å². The number of hydrogen-bond acceptors (Lipinski definition) is 6. The average molecular weight is 493 g/mol. The maximum atomic E-state index is 13.3. The first kappa shape index (κ1) is 24.2. The van der Waals surface area contributed by atoms with Crippen molar-refractivity contribution in [3.05, 3.63) is 83.0 Å². The number of carbonyl (C=O) groups is 2. The lowest BCUT2D eigenvalue weighted by molar-refractivity contribution is -0.133. The van der Waals surface area contributed by atoms with Crippen molar-refractivity contribution < 1.29 is 19.4 Å². The normalized spacial score (nSPS) is 15.7. The number of benzene rings is 2. The summed E-state index contributed by atoms with van der Waals surface area (Å²) in [6.45, 7) is 4.86. The van der Waals surface area contributed by atoms with E-state index in [0.29, 0.717) is 29.8 Å². The number of aliphatic imine (C=N–C) groups is 1. The first-order valence-electron chi connectivity index (χ1n) is 11.1.